The average molecular weight is 432 g/mol. The molecule has 3 heterocycles. The molecule has 1 amide bonds. The lowest BCUT2D eigenvalue weighted by atomic mass is 9.75. The number of carbonyl (C=O) groups excluding carboxylic acids is 2. The Hall–Kier alpha value is -2.38. The van der Waals surface area contributed by atoms with Gasteiger partial charge in [0.1, 0.15) is 5.69 Å². The second kappa shape index (κ2) is 8.16. The van der Waals surface area contributed by atoms with Crippen molar-refractivity contribution in [3.63, 3.8) is 0 Å². The summed E-state index contributed by atoms with van der Waals surface area (Å²) in [4.78, 5) is 33.1. The quantitative estimate of drug-likeness (QED) is 0.571. The molecule has 0 saturated carbocycles. The number of esters is 1. The van der Waals surface area contributed by atoms with Crippen molar-refractivity contribution in [2.75, 3.05) is 19.7 Å². The molecule has 29 heavy (non-hydrogen) atoms. The second-order valence-corrected chi connectivity index (χ2v) is 8.67. The van der Waals surface area contributed by atoms with E-state index in [4.69, 9.17) is 16.3 Å². The Morgan fingerprint density at radius 1 is 1.38 bits per heavy atom. The maximum Gasteiger partial charge on any atom is 0.314 e. The van der Waals surface area contributed by atoms with Crippen molar-refractivity contribution in [1.82, 2.24) is 14.3 Å². The molecule has 1 atom stereocenters. The van der Waals surface area contributed by atoms with Gasteiger partial charge < -0.3 is 9.64 Å². The van der Waals surface area contributed by atoms with Gasteiger partial charge >= 0.3 is 5.97 Å². The van der Waals surface area contributed by atoms with E-state index in [1.807, 2.05) is 40.2 Å². The maximum atomic E-state index is 13.1. The lowest BCUT2D eigenvalue weighted by Gasteiger charge is -2.41. The third-order valence-corrected chi connectivity index (χ3v) is 6.32. The molecular formula is C21H22ClN3O3S. The van der Waals surface area contributed by atoms with Crippen LogP contribution in [0, 0.1) is 5.41 Å². The summed E-state index contributed by atoms with van der Waals surface area (Å²) in [7, 11) is 0. The zero-order valence-corrected chi connectivity index (χ0v) is 17.7. The van der Waals surface area contributed by atoms with E-state index in [0.717, 1.165) is 16.9 Å². The molecule has 1 aliphatic rings. The van der Waals surface area contributed by atoms with Crippen LogP contribution >= 0.6 is 22.9 Å². The van der Waals surface area contributed by atoms with Crippen molar-refractivity contribution in [2.45, 2.75) is 26.2 Å². The fourth-order valence-corrected chi connectivity index (χ4v) is 4.92. The molecule has 1 fully saturated rings. The fourth-order valence-electron chi connectivity index (χ4n) is 4.00. The number of nitrogens with zero attached hydrogens (tertiary/aromatic N) is 3. The zero-order chi connectivity index (χ0) is 20.4. The molecule has 0 unspecified atom stereocenters. The Bertz CT molecular complexity index is 1020. The highest BCUT2D eigenvalue weighted by Crippen LogP contribution is 2.36. The first-order chi connectivity index (χ1) is 14.0. The maximum absolute atomic E-state index is 13.1. The third kappa shape index (κ3) is 4.02. The number of fused-ring (bicyclic) bond motifs is 1. The first-order valence-corrected chi connectivity index (χ1v) is 10.9. The Balaban J connectivity index is 1.61. The summed E-state index contributed by atoms with van der Waals surface area (Å²) in [5.74, 6) is -0.413. The number of carbonyl (C=O) groups is 2. The van der Waals surface area contributed by atoms with Crippen LogP contribution in [-0.2, 0) is 16.0 Å². The van der Waals surface area contributed by atoms with Crippen LogP contribution in [0.25, 0.3) is 4.96 Å². The Morgan fingerprint density at radius 3 is 3.00 bits per heavy atom. The van der Waals surface area contributed by atoms with Crippen LogP contribution in [0.1, 0.15) is 35.8 Å². The topological polar surface area (TPSA) is 63.9 Å². The SMILES string of the molecule is CCOC(=O)[C@@]1(Cc2cccc(Cl)c2)CCCN(C(=O)c2cn3ccsc3n2)C1. The fraction of sp³-hybridized carbons (Fsp3) is 0.381. The summed E-state index contributed by atoms with van der Waals surface area (Å²) in [6, 6.07) is 7.51. The monoisotopic (exact) mass is 431 g/mol. The van der Waals surface area contributed by atoms with E-state index >= 15 is 0 Å². The van der Waals surface area contributed by atoms with Gasteiger partial charge in [-0.2, -0.15) is 0 Å². The number of aromatic nitrogens is 2. The van der Waals surface area contributed by atoms with Crippen molar-refractivity contribution in [1.29, 1.82) is 0 Å². The van der Waals surface area contributed by atoms with E-state index in [2.05, 4.69) is 4.98 Å². The van der Waals surface area contributed by atoms with Gasteiger partial charge in [0.25, 0.3) is 5.91 Å². The number of amides is 1. The molecule has 152 valence electrons. The molecule has 0 radical (unpaired) electrons. The molecule has 0 bridgehead atoms. The molecule has 1 aromatic carbocycles. The Kier molecular flexibility index (Phi) is 5.61. The second-order valence-electron chi connectivity index (χ2n) is 7.36. The molecule has 6 nitrogen and oxygen atoms in total. The summed E-state index contributed by atoms with van der Waals surface area (Å²) in [6.07, 6.45) is 5.50. The molecule has 0 aliphatic carbocycles. The first-order valence-electron chi connectivity index (χ1n) is 9.64. The molecule has 8 heteroatoms. The third-order valence-electron chi connectivity index (χ3n) is 5.32. The lowest BCUT2D eigenvalue weighted by Crippen LogP contribution is -2.51. The summed E-state index contributed by atoms with van der Waals surface area (Å²) in [5.41, 5.74) is 0.577. The molecule has 4 rings (SSSR count). The summed E-state index contributed by atoms with van der Waals surface area (Å²) >= 11 is 7.63. The van der Waals surface area contributed by atoms with Gasteiger partial charge in [0, 0.05) is 35.9 Å². The van der Waals surface area contributed by atoms with Crippen LogP contribution in [0.2, 0.25) is 5.02 Å². The van der Waals surface area contributed by atoms with E-state index in [1.54, 1.807) is 18.0 Å². The smallest absolute Gasteiger partial charge is 0.314 e. The molecule has 3 aromatic rings. The number of rotatable bonds is 5. The zero-order valence-electron chi connectivity index (χ0n) is 16.1. The molecule has 0 N–H and O–H groups in total. The first kappa shape index (κ1) is 19.9. The molecule has 1 saturated heterocycles. The van der Waals surface area contributed by atoms with Crippen LogP contribution in [0.5, 0.6) is 0 Å². The Labute approximate surface area is 178 Å². The van der Waals surface area contributed by atoms with Crippen LogP contribution in [0.15, 0.2) is 42.0 Å². The normalized spacial score (nSPS) is 19.4. The number of piperidine rings is 1. The highest BCUT2D eigenvalue weighted by atomic mass is 35.5. The number of thiazole rings is 1. The van der Waals surface area contributed by atoms with Crippen molar-refractivity contribution in [2.24, 2.45) is 5.41 Å². The van der Waals surface area contributed by atoms with E-state index in [9.17, 15) is 9.59 Å². The minimum absolute atomic E-state index is 0.152. The van der Waals surface area contributed by atoms with Gasteiger partial charge in [-0.1, -0.05) is 23.7 Å². The van der Waals surface area contributed by atoms with Gasteiger partial charge in [-0.3, -0.25) is 14.0 Å². The van der Waals surface area contributed by atoms with Gasteiger partial charge in [-0.15, -0.1) is 11.3 Å². The van der Waals surface area contributed by atoms with E-state index < -0.39 is 5.41 Å². The van der Waals surface area contributed by atoms with Crippen LogP contribution in [0.4, 0.5) is 0 Å². The summed E-state index contributed by atoms with van der Waals surface area (Å²) < 4.78 is 7.27. The standard InChI is InChI=1S/C21H22ClN3O3S/c1-2-28-19(27)21(12-15-5-3-6-16(22)11-15)7-4-8-25(14-21)18(26)17-13-24-9-10-29-20(24)23-17/h3,5-6,9-11,13H,2,4,7-8,12,14H2,1H3/t21-/m1/s1. The summed E-state index contributed by atoms with van der Waals surface area (Å²) in [5, 5.41) is 2.55. The predicted molar refractivity (Wildman–Crippen MR) is 112 cm³/mol. The predicted octanol–water partition coefficient (Wildman–Crippen LogP) is 4.08. The highest BCUT2D eigenvalue weighted by Gasteiger charge is 2.45. The van der Waals surface area contributed by atoms with Crippen LogP contribution < -0.4 is 0 Å². The van der Waals surface area contributed by atoms with Gasteiger partial charge in [-0.25, -0.2) is 4.98 Å². The van der Waals surface area contributed by atoms with Gasteiger partial charge in [0.15, 0.2) is 4.96 Å². The number of hydrogen-bond donors (Lipinski definition) is 0. The van der Waals surface area contributed by atoms with Gasteiger partial charge in [0.05, 0.1) is 12.0 Å². The number of benzene rings is 1. The van der Waals surface area contributed by atoms with Gasteiger partial charge in [-0.05, 0) is 43.9 Å². The highest BCUT2D eigenvalue weighted by molar-refractivity contribution is 7.15. The molecular weight excluding hydrogens is 410 g/mol. The number of halogens is 1. The minimum Gasteiger partial charge on any atom is -0.466 e. The van der Waals surface area contributed by atoms with Crippen molar-refractivity contribution in [3.8, 4) is 0 Å². The lowest BCUT2D eigenvalue weighted by molar-refractivity contribution is -0.158. The van der Waals surface area contributed by atoms with E-state index in [-0.39, 0.29) is 11.9 Å². The van der Waals surface area contributed by atoms with E-state index in [0.29, 0.717) is 43.3 Å². The number of likely N-dealkylation sites (tertiary alicyclic amines) is 1. The Morgan fingerprint density at radius 2 is 2.24 bits per heavy atom. The summed E-state index contributed by atoms with van der Waals surface area (Å²) in [6.45, 7) is 3.01. The number of hydrogen-bond acceptors (Lipinski definition) is 5. The number of imidazole rings is 1. The van der Waals surface area contributed by atoms with Crippen molar-refractivity contribution < 1.29 is 14.3 Å². The average Bonchev–Trinajstić information content (AvgIpc) is 3.30. The molecule has 0 spiro atoms. The van der Waals surface area contributed by atoms with Crippen molar-refractivity contribution >= 4 is 39.8 Å². The van der Waals surface area contributed by atoms with Gasteiger partial charge in [0.2, 0.25) is 0 Å². The molecule has 1 aliphatic heterocycles. The van der Waals surface area contributed by atoms with Crippen molar-refractivity contribution in [3.05, 3.63) is 58.3 Å². The minimum atomic E-state index is -0.786. The van der Waals surface area contributed by atoms with Crippen LogP contribution in [0.3, 0.4) is 0 Å². The molecule has 2 aromatic heterocycles. The van der Waals surface area contributed by atoms with E-state index in [1.165, 1.54) is 11.3 Å². The number of ether oxygens (including phenoxy) is 1. The van der Waals surface area contributed by atoms with Crippen LogP contribution in [-0.4, -0.2) is 45.9 Å². The largest absolute Gasteiger partial charge is 0.466 e.